The fourth-order valence-electron chi connectivity index (χ4n) is 3.11. The molecule has 6 heteroatoms. The van der Waals surface area contributed by atoms with Gasteiger partial charge in [-0.15, -0.1) is 0 Å². The van der Waals surface area contributed by atoms with Crippen LogP contribution in [-0.2, 0) is 9.47 Å². The van der Waals surface area contributed by atoms with Gasteiger partial charge in [-0.2, -0.15) is 0 Å². The lowest BCUT2D eigenvalue weighted by Gasteiger charge is -2.39. The fourth-order valence-corrected chi connectivity index (χ4v) is 3.11. The molecule has 114 valence electrons. The third-order valence-corrected chi connectivity index (χ3v) is 4.35. The SMILES string of the molecule is CN(C(=O)c1cncc(F)c1)C1CCC2(CC1)OCCO2. The Hall–Kier alpha value is -1.53. The summed E-state index contributed by atoms with van der Waals surface area (Å²) in [6, 6.07) is 1.35. The summed E-state index contributed by atoms with van der Waals surface area (Å²) in [4.78, 5) is 17.8. The molecule has 0 bridgehead atoms. The molecule has 2 fully saturated rings. The van der Waals surface area contributed by atoms with E-state index in [9.17, 15) is 9.18 Å². The minimum absolute atomic E-state index is 0.124. The summed E-state index contributed by atoms with van der Waals surface area (Å²) in [6.45, 7) is 1.29. The molecule has 21 heavy (non-hydrogen) atoms. The monoisotopic (exact) mass is 294 g/mol. The van der Waals surface area contributed by atoms with E-state index in [-0.39, 0.29) is 17.5 Å². The van der Waals surface area contributed by atoms with Crippen molar-refractivity contribution < 1.29 is 18.7 Å². The summed E-state index contributed by atoms with van der Waals surface area (Å²) in [5.41, 5.74) is 0.283. The zero-order chi connectivity index (χ0) is 14.9. The Morgan fingerprint density at radius 3 is 2.62 bits per heavy atom. The van der Waals surface area contributed by atoms with E-state index in [1.54, 1.807) is 11.9 Å². The number of ether oxygens (including phenoxy) is 2. The van der Waals surface area contributed by atoms with E-state index in [0.29, 0.717) is 13.2 Å². The minimum Gasteiger partial charge on any atom is -0.348 e. The van der Waals surface area contributed by atoms with Crippen LogP contribution in [0.5, 0.6) is 0 Å². The molecule has 1 aliphatic carbocycles. The molecule has 1 aromatic rings. The highest BCUT2D eigenvalue weighted by atomic mass is 19.1. The van der Waals surface area contributed by atoms with Crippen molar-refractivity contribution in [2.45, 2.75) is 37.5 Å². The second kappa shape index (κ2) is 5.69. The Balaban J connectivity index is 1.63. The van der Waals surface area contributed by atoms with Crippen LogP contribution in [0.2, 0.25) is 0 Å². The van der Waals surface area contributed by atoms with Crippen LogP contribution in [0.4, 0.5) is 4.39 Å². The van der Waals surface area contributed by atoms with Crippen molar-refractivity contribution in [1.29, 1.82) is 0 Å². The topological polar surface area (TPSA) is 51.7 Å². The summed E-state index contributed by atoms with van der Waals surface area (Å²) < 4.78 is 24.5. The van der Waals surface area contributed by atoms with Crippen LogP contribution in [-0.4, -0.2) is 47.9 Å². The molecule has 0 unspecified atom stereocenters. The average Bonchev–Trinajstić information content (AvgIpc) is 2.95. The van der Waals surface area contributed by atoms with E-state index in [1.165, 1.54) is 12.3 Å². The summed E-state index contributed by atoms with van der Waals surface area (Å²) in [5, 5.41) is 0. The number of carbonyl (C=O) groups excluding carboxylic acids is 1. The van der Waals surface area contributed by atoms with Gasteiger partial charge in [0.1, 0.15) is 5.82 Å². The highest BCUT2D eigenvalue weighted by molar-refractivity contribution is 5.93. The molecule has 0 aromatic carbocycles. The van der Waals surface area contributed by atoms with E-state index in [4.69, 9.17) is 9.47 Å². The quantitative estimate of drug-likeness (QED) is 0.837. The molecule has 3 rings (SSSR count). The summed E-state index contributed by atoms with van der Waals surface area (Å²) in [5.74, 6) is -1.12. The lowest BCUT2D eigenvalue weighted by atomic mass is 9.89. The molecule has 1 amide bonds. The second-order valence-electron chi connectivity index (χ2n) is 5.65. The number of pyridine rings is 1. The third kappa shape index (κ3) is 2.91. The standard InChI is InChI=1S/C15H19FN2O3/c1-18(14(19)11-8-12(16)10-17-9-11)13-2-4-15(5-3-13)20-6-7-21-15/h8-10,13H,2-7H2,1H3. The van der Waals surface area contributed by atoms with Gasteiger partial charge in [0.05, 0.1) is 25.0 Å². The van der Waals surface area contributed by atoms with Gasteiger partial charge in [-0.05, 0) is 18.9 Å². The number of carbonyl (C=O) groups is 1. The van der Waals surface area contributed by atoms with Crippen LogP contribution in [0.15, 0.2) is 18.5 Å². The Bertz CT molecular complexity index is 521. The predicted molar refractivity (Wildman–Crippen MR) is 73.2 cm³/mol. The van der Waals surface area contributed by atoms with Gasteiger partial charge in [0.15, 0.2) is 5.79 Å². The first-order valence-corrected chi connectivity index (χ1v) is 7.25. The first kappa shape index (κ1) is 14.4. The lowest BCUT2D eigenvalue weighted by Crippen LogP contribution is -2.44. The maximum Gasteiger partial charge on any atom is 0.255 e. The maximum absolute atomic E-state index is 13.2. The Kier molecular flexibility index (Phi) is 3.91. The number of rotatable bonds is 2. The number of aromatic nitrogens is 1. The van der Waals surface area contributed by atoms with Crippen molar-refractivity contribution in [2.75, 3.05) is 20.3 Å². The van der Waals surface area contributed by atoms with E-state index >= 15 is 0 Å². The van der Waals surface area contributed by atoms with Crippen molar-refractivity contribution in [2.24, 2.45) is 0 Å². The largest absolute Gasteiger partial charge is 0.348 e. The van der Waals surface area contributed by atoms with Crippen molar-refractivity contribution in [3.63, 3.8) is 0 Å². The van der Waals surface area contributed by atoms with Crippen LogP contribution < -0.4 is 0 Å². The molecule has 1 spiro atoms. The van der Waals surface area contributed by atoms with Gasteiger partial charge in [0.25, 0.3) is 5.91 Å². The molecule has 0 atom stereocenters. The summed E-state index contributed by atoms with van der Waals surface area (Å²) in [6.07, 6.45) is 5.72. The summed E-state index contributed by atoms with van der Waals surface area (Å²) >= 11 is 0. The molecule has 1 aromatic heterocycles. The van der Waals surface area contributed by atoms with Crippen molar-refractivity contribution in [1.82, 2.24) is 9.88 Å². The van der Waals surface area contributed by atoms with Gasteiger partial charge >= 0.3 is 0 Å². The zero-order valence-electron chi connectivity index (χ0n) is 12.0. The number of hydrogen-bond acceptors (Lipinski definition) is 4. The van der Waals surface area contributed by atoms with E-state index in [1.807, 2.05) is 0 Å². The minimum atomic E-state index is -0.496. The Morgan fingerprint density at radius 1 is 1.33 bits per heavy atom. The Morgan fingerprint density at radius 2 is 2.00 bits per heavy atom. The molecule has 1 saturated heterocycles. The van der Waals surface area contributed by atoms with E-state index in [0.717, 1.165) is 31.9 Å². The van der Waals surface area contributed by atoms with Gasteiger partial charge in [-0.3, -0.25) is 9.78 Å². The fraction of sp³-hybridized carbons (Fsp3) is 0.600. The molecular weight excluding hydrogens is 275 g/mol. The third-order valence-electron chi connectivity index (χ3n) is 4.35. The highest BCUT2D eigenvalue weighted by Crippen LogP contribution is 2.37. The van der Waals surface area contributed by atoms with Crippen molar-refractivity contribution in [3.8, 4) is 0 Å². The zero-order valence-corrected chi connectivity index (χ0v) is 12.0. The van der Waals surface area contributed by atoms with Crippen LogP contribution in [0.1, 0.15) is 36.0 Å². The first-order valence-electron chi connectivity index (χ1n) is 7.25. The molecule has 2 aliphatic rings. The molecule has 0 radical (unpaired) electrons. The van der Waals surface area contributed by atoms with Crippen LogP contribution in [0.25, 0.3) is 0 Å². The molecular formula is C15H19FN2O3. The number of hydrogen-bond donors (Lipinski definition) is 0. The molecule has 1 aliphatic heterocycles. The van der Waals surface area contributed by atoms with E-state index < -0.39 is 11.6 Å². The van der Waals surface area contributed by atoms with Crippen molar-refractivity contribution in [3.05, 3.63) is 29.8 Å². The first-order chi connectivity index (χ1) is 10.1. The average molecular weight is 294 g/mol. The summed E-state index contributed by atoms with van der Waals surface area (Å²) in [7, 11) is 1.76. The van der Waals surface area contributed by atoms with Gasteiger partial charge in [0.2, 0.25) is 0 Å². The van der Waals surface area contributed by atoms with Gasteiger partial charge in [-0.1, -0.05) is 0 Å². The maximum atomic E-state index is 13.2. The van der Waals surface area contributed by atoms with E-state index in [2.05, 4.69) is 4.98 Å². The van der Waals surface area contributed by atoms with Crippen LogP contribution in [0.3, 0.4) is 0 Å². The Labute approximate surface area is 123 Å². The number of nitrogens with zero attached hydrogens (tertiary/aromatic N) is 2. The lowest BCUT2D eigenvalue weighted by molar-refractivity contribution is -0.182. The van der Waals surface area contributed by atoms with Crippen LogP contribution in [0, 0.1) is 5.82 Å². The smallest absolute Gasteiger partial charge is 0.255 e. The molecule has 5 nitrogen and oxygen atoms in total. The molecule has 1 saturated carbocycles. The van der Waals surface area contributed by atoms with Crippen molar-refractivity contribution >= 4 is 5.91 Å². The van der Waals surface area contributed by atoms with Crippen LogP contribution >= 0.6 is 0 Å². The number of amides is 1. The van der Waals surface area contributed by atoms with Gasteiger partial charge in [0, 0.05) is 32.1 Å². The van der Waals surface area contributed by atoms with Gasteiger partial charge in [-0.25, -0.2) is 4.39 Å². The second-order valence-corrected chi connectivity index (χ2v) is 5.65. The highest BCUT2D eigenvalue weighted by Gasteiger charge is 2.41. The predicted octanol–water partition coefficient (Wildman–Crippen LogP) is 1.98. The number of halogens is 1. The molecule has 2 heterocycles. The van der Waals surface area contributed by atoms with Gasteiger partial charge < -0.3 is 14.4 Å². The molecule has 0 N–H and O–H groups in total. The normalized spacial score (nSPS) is 21.6.